The average molecular weight is 379 g/mol. The second kappa shape index (κ2) is 8.60. The molecule has 0 aliphatic rings. The number of carbonyl (C=O) groups excluding carboxylic acids is 2. The predicted octanol–water partition coefficient (Wildman–Crippen LogP) is 4.05. The highest BCUT2D eigenvalue weighted by Crippen LogP contribution is 2.26. The largest absolute Gasteiger partial charge is 0.352 e. The summed E-state index contributed by atoms with van der Waals surface area (Å²) in [5.41, 5.74) is 4.31. The van der Waals surface area contributed by atoms with Gasteiger partial charge in [-0.3, -0.25) is 9.59 Å². The van der Waals surface area contributed by atoms with Crippen molar-refractivity contribution in [1.82, 2.24) is 10.3 Å². The lowest BCUT2D eigenvalue weighted by molar-refractivity contribution is -0.114. The number of hydrogen-bond donors (Lipinski definition) is 2. The first-order valence-electron chi connectivity index (χ1n) is 8.69. The zero-order valence-corrected chi connectivity index (χ0v) is 16.1. The number of aryl methyl sites for hydroxylation is 1. The molecule has 0 aliphatic carbocycles. The lowest BCUT2D eigenvalue weighted by atomic mass is 10.1. The molecule has 2 amide bonds. The van der Waals surface area contributed by atoms with Gasteiger partial charge in [-0.2, -0.15) is 0 Å². The van der Waals surface area contributed by atoms with Crippen LogP contribution in [0.4, 0.5) is 5.69 Å². The molecule has 2 N–H and O–H groups in total. The van der Waals surface area contributed by atoms with E-state index in [1.54, 1.807) is 11.3 Å². The zero-order valence-electron chi connectivity index (χ0n) is 15.3. The molecule has 1 heterocycles. The van der Waals surface area contributed by atoms with E-state index in [2.05, 4.69) is 15.6 Å². The van der Waals surface area contributed by atoms with Crippen molar-refractivity contribution in [3.05, 3.63) is 70.7 Å². The zero-order chi connectivity index (χ0) is 19.2. The molecule has 1 aromatic heterocycles. The van der Waals surface area contributed by atoms with Gasteiger partial charge in [-0.15, -0.1) is 11.3 Å². The molecule has 2 aromatic carbocycles. The monoisotopic (exact) mass is 379 g/mol. The highest BCUT2D eigenvalue weighted by Gasteiger charge is 2.09. The maximum Gasteiger partial charge on any atom is 0.251 e. The molecule has 0 saturated heterocycles. The highest BCUT2D eigenvalue weighted by atomic mass is 32.1. The van der Waals surface area contributed by atoms with Crippen LogP contribution < -0.4 is 10.6 Å². The number of anilines is 1. The maximum absolute atomic E-state index is 12.2. The van der Waals surface area contributed by atoms with E-state index < -0.39 is 0 Å². The number of aromatic nitrogens is 1. The molecule has 6 heteroatoms. The Balaban J connectivity index is 1.59. The number of nitrogens with zero attached hydrogens (tertiary/aromatic N) is 1. The van der Waals surface area contributed by atoms with E-state index in [-0.39, 0.29) is 11.8 Å². The lowest BCUT2D eigenvalue weighted by Crippen LogP contribution is -2.26. The topological polar surface area (TPSA) is 71.1 Å². The summed E-state index contributed by atoms with van der Waals surface area (Å²) in [5.74, 6) is -0.164. The first-order chi connectivity index (χ1) is 13.0. The third kappa shape index (κ3) is 5.01. The quantitative estimate of drug-likeness (QED) is 0.679. The van der Waals surface area contributed by atoms with Crippen molar-refractivity contribution in [1.29, 1.82) is 0 Å². The third-order valence-electron chi connectivity index (χ3n) is 4.04. The van der Waals surface area contributed by atoms with Crippen molar-refractivity contribution >= 4 is 28.8 Å². The first kappa shape index (κ1) is 18.8. The van der Waals surface area contributed by atoms with Crippen LogP contribution in [0.1, 0.15) is 28.5 Å². The number of hydrogen-bond acceptors (Lipinski definition) is 4. The van der Waals surface area contributed by atoms with Crippen LogP contribution in [-0.4, -0.2) is 23.3 Å². The first-order valence-corrected chi connectivity index (χ1v) is 9.57. The van der Waals surface area contributed by atoms with E-state index >= 15 is 0 Å². The van der Waals surface area contributed by atoms with Crippen LogP contribution in [-0.2, 0) is 11.2 Å². The minimum Gasteiger partial charge on any atom is -0.352 e. The van der Waals surface area contributed by atoms with Crippen molar-refractivity contribution in [2.75, 3.05) is 11.9 Å². The number of benzene rings is 2. The van der Waals surface area contributed by atoms with Crippen LogP contribution in [0.3, 0.4) is 0 Å². The molecule has 5 nitrogen and oxygen atoms in total. The normalized spacial score (nSPS) is 10.4. The third-order valence-corrected chi connectivity index (χ3v) is 4.98. The summed E-state index contributed by atoms with van der Waals surface area (Å²) in [4.78, 5) is 28.1. The molecular formula is C21H21N3O2S. The van der Waals surface area contributed by atoms with Crippen LogP contribution in [0.2, 0.25) is 0 Å². The minimum absolute atomic E-state index is 0.0634. The summed E-state index contributed by atoms with van der Waals surface area (Å²) in [6.45, 7) is 3.94. The molecule has 0 fully saturated rings. The Bertz CT molecular complexity index is 965. The van der Waals surface area contributed by atoms with Gasteiger partial charge in [-0.1, -0.05) is 30.3 Å². The Morgan fingerprint density at radius 1 is 1.11 bits per heavy atom. The molecule has 0 bridgehead atoms. The van der Waals surface area contributed by atoms with Crippen LogP contribution in [0.25, 0.3) is 10.6 Å². The van der Waals surface area contributed by atoms with Gasteiger partial charge in [-0.05, 0) is 30.7 Å². The van der Waals surface area contributed by atoms with Gasteiger partial charge in [0.25, 0.3) is 5.91 Å². The molecule has 0 spiro atoms. The van der Waals surface area contributed by atoms with E-state index in [0.717, 1.165) is 27.5 Å². The molecule has 0 unspecified atom stereocenters. The second-order valence-electron chi connectivity index (χ2n) is 6.23. The summed E-state index contributed by atoms with van der Waals surface area (Å²) >= 11 is 1.55. The van der Waals surface area contributed by atoms with E-state index in [4.69, 9.17) is 0 Å². The van der Waals surface area contributed by atoms with E-state index in [1.807, 2.05) is 60.8 Å². The Labute approximate surface area is 162 Å². The lowest BCUT2D eigenvalue weighted by Gasteiger charge is -2.06. The van der Waals surface area contributed by atoms with Crippen LogP contribution in [0, 0.1) is 6.92 Å². The van der Waals surface area contributed by atoms with Gasteiger partial charge in [0.1, 0.15) is 5.01 Å². The Morgan fingerprint density at radius 2 is 1.93 bits per heavy atom. The summed E-state index contributed by atoms with van der Waals surface area (Å²) in [6, 6.07) is 15.2. The van der Waals surface area contributed by atoms with Gasteiger partial charge in [0.2, 0.25) is 5.91 Å². The molecule has 0 atom stereocenters. The minimum atomic E-state index is -0.101. The van der Waals surface area contributed by atoms with Gasteiger partial charge >= 0.3 is 0 Å². The van der Waals surface area contributed by atoms with E-state index in [9.17, 15) is 9.59 Å². The fourth-order valence-corrected chi connectivity index (χ4v) is 3.57. The van der Waals surface area contributed by atoms with Crippen LogP contribution in [0.15, 0.2) is 53.9 Å². The van der Waals surface area contributed by atoms with Crippen LogP contribution in [0.5, 0.6) is 0 Å². The fourth-order valence-electron chi connectivity index (χ4n) is 2.71. The van der Waals surface area contributed by atoms with E-state index in [1.165, 1.54) is 6.92 Å². The van der Waals surface area contributed by atoms with Crippen molar-refractivity contribution < 1.29 is 9.59 Å². The second-order valence-corrected chi connectivity index (χ2v) is 7.08. The number of rotatable bonds is 6. The van der Waals surface area contributed by atoms with Crippen LogP contribution >= 0.6 is 11.3 Å². The van der Waals surface area contributed by atoms with Gasteiger partial charge in [0.15, 0.2) is 0 Å². The van der Waals surface area contributed by atoms with Crippen molar-refractivity contribution in [2.45, 2.75) is 20.3 Å². The van der Waals surface area contributed by atoms with Gasteiger partial charge < -0.3 is 10.6 Å². The fraction of sp³-hybridized carbons (Fsp3) is 0.190. The summed E-state index contributed by atoms with van der Waals surface area (Å²) in [6.07, 6.45) is 0.666. The molecule has 0 aliphatic heterocycles. The predicted molar refractivity (Wildman–Crippen MR) is 109 cm³/mol. The Morgan fingerprint density at radius 3 is 2.70 bits per heavy atom. The van der Waals surface area contributed by atoms with Gasteiger partial charge in [-0.25, -0.2) is 4.98 Å². The molecule has 138 valence electrons. The summed E-state index contributed by atoms with van der Waals surface area (Å²) in [7, 11) is 0. The molecule has 0 saturated carbocycles. The number of amides is 2. The van der Waals surface area contributed by atoms with Gasteiger partial charge in [0.05, 0.1) is 5.69 Å². The molecular weight excluding hydrogens is 358 g/mol. The van der Waals surface area contributed by atoms with Crippen molar-refractivity contribution in [3.8, 4) is 10.6 Å². The smallest absolute Gasteiger partial charge is 0.251 e. The highest BCUT2D eigenvalue weighted by molar-refractivity contribution is 7.13. The average Bonchev–Trinajstić information content (AvgIpc) is 3.10. The number of thiazole rings is 1. The maximum atomic E-state index is 12.2. The Kier molecular flexibility index (Phi) is 5.98. The molecule has 0 radical (unpaired) electrons. The Hall–Kier alpha value is -2.99. The van der Waals surface area contributed by atoms with Gasteiger partial charge in [0, 0.05) is 42.1 Å². The SMILES string of the molecule is CC(=O)Nc1cccc(-c2nc(CCNC(=O)c3ccccc3C)cs2)c1. The number of nitrogens with one attached hydrogen (secondary N) is 2. The molecule has 3 rings (SSSR count). The van der Waals surface area contributed by atoms with Crippen molar-refractivity contribution in [2.24, 2.45) is 0 Å². The van der Waals surface area contributed by atoms with Crippen molar-refractivity contribution in [3.63, 3.8) is 0 Å². The molecule has 3 aromatic rings. The summed E-state index contributed by atoms with van der Waals surface area (Å²) < 4.78 is 0. The summed E-state index contributed by atoms with van der Waals surface area (Å²) in [5, 5.41) is 8.62. The van der Waals surface area contributed by atoms with E-state index in [0.29, 0.717) is 18.5 Å². The number of carbonyl (C=O) groups is 2. The standard InChI is InChI=1S/C21H21N3O2S/c1-14-6-3-4-9-19(14)20(26)22-11-10-18-13-27-21(24-18)16-7-5-8-17(12-16)23-15(2)25/h3-9,12-13H,10-11H2,1-2H3,(H,22,26)(H,23,25). The molecule has 27 heavy (non-hydrogen) atoms.